The molecule has 0 fully saturated rings. The first-order chi connectivity index (χ1) is 12.8. The Morgan fingerprint density at radius 2 is 2.00 bits per heavy atom. The van der Waals surface area contributed by atoms with E-state index in [4.69, 9.17) is 4.74 Å². The lowest BCUT2D eigenvalue weighted by Gasteiger charge is -2.21. The summed E-state index contributed by atoms with van der Waals surface area (Å²) in [5.74, 6) is 0.376. The molecule has 1 N–H and O–H groups in total. The van der Waals surface area contributed by atoms with E-state index in [9.17, 15) is 13.2 Å². The zero-order chi connectivity index (χ0) is 19.6. The van der Waals surface area contributed by atoms with Crippen LogP contribution >= 0.6 is 0 Å². The fraction of sp³-hybridized carbons (Fsp3) is 0.350. The lowest BCUT2D eigenvalue weighted by Crippen LogP contribution is -2.34. The Balaban J connectivity index is 1.83. The van der Waals surface area contributed by atoms with Crippen molar-refractivity contribution in [1.29, 1.82) is 0 Å². The maximum Gasteiger partial charge on any atom is 0.255 e. The fourth-order valence-corrected chi connectivity index (χ4v) is 4.62. The minimum Gasteiger partial charge on any atom is -0.491 e. The molecule has 3 rings (SSSR count). The van der Waals surface area contributed by atoms with E-state index in [0.717, 1.165) is 12.0 Å². The first-order valence-electron chi connectivity index (χ1n) is 8.96. The highest BCUT2D eigenvalue weighted by Crippen LogP contribution is 2.35. The van der Waals surface area contributed by atoms with Crippen molar-refractivity contribution < 1.29 is 17.9 Å². The van der Waals surface area contributed by atoms with Crippen molar-refractivity contribution in [1.82, 2.24) is 0 Å². The highest BCUT2D eigenvalue weighted by molar-refractivity contribution is 7.92. The number of hydrogen-bond donors (Lipinski definition) is 1. The molecule has 1 atom stereocenters. The molecule has 0 saturated carbocycles. The first kappa shape index (κ1) is 19.2. The second-order valence-electron chi connectivity index (χ2n) is 6.75. The molecule has 1 amide bonds. The van der Waals surface area contributed by atoms with E-state index in [2.05, 4.69) is 5.32 Å². The van der Waals surface area contributed by atoms with Crippen LogP contribution in [0.25, 0.3) is 0 Å². The summed E-state index contributed by atoms with van der Waals surface area (Å²) in [6, 6.07) is 12.3. The highest BCUT2D eigenvalue weighted by atomic mass is 32.2. The zero-order valence-corrected chi connectivity index (χ0v) is 16.5. The van der Waals surface area contributed by atoms with Crippen LogP contribution in [0.15, 0.2) is 42.5 Å². The minimum absolute atomic E-state index is 0.156. The van der Waals surface area contributed by atoms with Gasteiger partial charge in [-0.05, 0) is 55.7 Å². The number of fused-ring (bicyclic) bond motifs is 1. The molecular weight excluding hydrogens is 364 g/mol. The molecule has 1 heterocycles. The van der Waals surface area contributed by atoms with Crippen LogP contribution in [0, 0.1) is 0 Å². The summed E-state index contributed by atoms with van der Waals surface area (Å²) >= 11 is 0. The number of carbonyl (C=O) groups excluding carboxylic acids is 1. The molecule has 0 unspecified atom stereocenters. The van der Waals surface area contributed by atoms with Crippen molar-refractivity contribution in [3.8, 4) is 5.75 Å². The van der Waals surface area contributed by atoms with Crippen LogP contribution in [0.5, 0.6) is 5.75 Å². The van der Waals surface area contributed by atoms with Crippen molar-refractivity contribution in [3.63, 3.8) is 0 Å². The Morgan fingerprint density at radius 1 is 1.26 bits per heavy atom. The molecule has 27 heavy (non-hydrogen) atoms. The summed E-state index contributed by atoms with van der Waals surface area (Å²) in [7, 11) is -3.35. The number of amides is 1. The summed E-state index contributed by atoms with van der Waals surface area (Å²) in [6.45, 7) is 4.46. The monoisotopic (exact) mass is 388 g/mol. The first-order valence-corrected chi connectivity index (χ1v) is 10.8. The topological polar surface area (TPSA) is 75.7 Å². The number of sulfonamides is 1. The van der Waals surface area contributed by atoms with Crippen LogP contribution in [0.4, 0.5) is 11.4 Å². The van der Waals surface area contributed by atoms with Gasteiger partial charge < -0.3 is 10.1 Å². The summed E-state index contributed by atoms with van der Waals surface area (Å²) < 4.78 is 31.1. The number of nitrogens with zero attached hydrogens (tertiary/aromatic N) is 1. The summed E-state index contributed by atoms with van der Waals surface area (Å²) in [6.07, 6.45) is 2.66. The largest absolute Gasteiger partial charge is 0.491 e. The zero-order valence-electron chi connectivity index (χ0n) is 15.7. The Bertz CT molecular complexity index is 956. The average molecular weight is 388 g/mol. The van der Waals surface area contributed by atoms with Gasteiger partial charge >= 0.3 is 0 Å². The lowest BCUT2D eigenvalue weighted by atomic mass is 10.1. The number of anilines is 2. The second kappa shape index (κ2) is 7.60. The van der Waals surface area contributed by atoms with Gasteiger partial charge in [-0.1, -0.05) is 19.1 Å². The van der Waals surface area contributed by atoms with Crippen molar-refractivity contribution in [3.05, 3.63) is 53.6 Å². The third-order valence-corrected chi connectivity index (χ3v) is 5.72. The third kappa shape index (κ3) is 4.08. The molecular formula is C20H24N2O4S. The standard InChI is InChI=1S/C20H24N2O4S/c1-4-11-26-19-8-6-5-7-17(19)21-20(23)15-9-10-18-16(13-15)12-14(2)22(18)27(3,24)25/h5-10,13-14H,4,11-12H2,1-3H3,(H,21,23)/t14-/m1/s1. The molecule has 1 aliphatic heterocycles. The van der Waals surface area contributed by atoms with Gasteiger partial charge in [0, 0.05) is 11.6 Å². The fourth-order valence-electron chi connectivity index (χ4n) is 3.35. The number of rotatable bonds is 6. The van der Waals surface area contributed by atoms with Gasteiger partial charge in [-0.25, -0.2) is 8.42 Å². The highest BCUT2D eigenvalue weighted by Gasteiger charge is 2.32. The van der Waals surface area contributed by atoms with Gasteiger partial charge in [0.05, 0.1) is 24.2 Å². The van der Waals surface area contributed by atoms with Crippen LogP contribution < -0.4 is 14.4 Å². The molecule has 2 aromatic rings. The predicted octanol–water partition coefficient (Wildman–Crippen LogP) is 3.44. The molecule has 2 aromatic carbocycles. The van der Waals surface area contributed by atoms with Gasteiger partial charge in [-0.3, -0.25) is 9.10 Å². The van der Waals surface area contributed by atoms with Crippen molar-refractivity contribution in [2.24, 2.45) is 0 Å². The Labute approximate surface area is 160 Å². The van der Waals surface area contributed by atoms with Crippen LogP contribution in [0.2, 0.25) is 0 Å². The van der Waals surface area contributed by atoms with E-state index < -0.39 is 10.0 Å². The van der Waals surface area contributed by atoms with E-state index in [1.165, 1.54) is 10.6 Å². The summed E-state index contributed by atoms with van der Waals surface area (Å²) in [4.78, 5) is 12.7. The molecule has 6 nitrogen and oxygen atoms in total. The van der Waals surface area contributed by atoms with Crippen LogP contribution in [-0.2, 0) is 16.4 Å². The van der Waals surface area contributed by atoms with E-state index in [1.54, 1.807) is 24.3 Å². The Hall–Kier alpha value is -2.54. The van der Waals surface area contributed by atoms with Gasteiger partial charge in [0.15, 0.2) is 0 Å². The smallest absolute Gasteiger partial charge is 0.255 e. The number of carbonyl (C=O) groups is 1. The van der Waals surface area contributed by atoms with E-state index in [1.807, 2.05) is 32.0 Å². The van der Waals surface area contributed by atoms with Crippen molar-refractivity contribution in [2.75, 3.05) is 22.5 Å². The molecule has 0 aliphatic carbocycles. The Kier molecular flexibility index (Phi) is 5.41. The van der Waals surface area contributed by atoms with Crippen LogP contribution in [0.3, 0.4) is 0 Å². The second-order valence-corrected chi connectivity index (χ2v) is 8.61. The molecule has 7 heteroatoms. The van der Waals surface area contributed by atoms with Gasteiger partial charge in [-0.2, -0.15) is 0 Å². The lowest BCUT2D eigenvalue weighted by molar-refractivity contribution is 0.102. The van der Waals surface area contributed by atoms with Crippen LogP contribution in [0.1, 0.15) is 36.2 Å². The minimum atomic E-state index is -3.35. The SMILES string of the molecule is CCCOc1ccccc1NC(=O)c1ccc2c(c1)C[C@@H](C)N2S(C)(=O)=O. The van der Waals surface area contributed by atoms with Gasteiger partial charge in [0.1, 0.15) is 5.75 Å². The molecule has 0 bridgehead atoms. The number of benzene rings is 2. The van der Waals surface area contributed by atoms with Crippen LogP contribution in [-0.4, -0.2) is 33.2 Å². The molecule has 144 valence electrons. The van der Waals surface area contributed by atoms with Crippen molar-refractivity contribution >= 4 is 27.3 Å². The van der Waals surface area contributed by atoms with E-state index >= 15 is 0 Å². The number of ether oxygens (including phenoxy) is 1. The number of nitrogens with one attached hydrogen (secondary N) is 1. The van der Waals surface area contributed by atoms with Crippen molar-refractivity contribution in [2.45, 2.75) is 32.7 Å². The number of para-hydroxylation sites is 2. The third-order valence-electron chi connectivity index (χ3n) is 4.45. The van der Waals surface area contributed by atoms with Gasteiger partial charge in [-0.15, -0.1) is 0 Å². The summed E-state index contributed by atoms with van der Waals surface area (Å²) in [5, 5.41) is 2.88. The maximum absolute atomic E-state index is 12.7. The number of hydrogen-bond acceptors (Lipinski definition) is 4. The molecule has 0 aromatic heterocycles. The molecule has 0 radical (unpaired) electrons. The van der Waals surface area contributed by atoms with E-state index in [-0.39, 0.29) is 11.9 Å². The maximum atomic E-state index is 12.7. The van der Waals surface area contributed by atoms with Gasteiger partial charge in [0.2, 0.25) is 10.0 Å². The molecule has 1 aliphatic rings. The quantitative estimate of drug-likeness (QED) is 0.822. The van der Waals surface area contributed by atoms with Gasteiger partial charge in [0.25, 0.3) is 5.91 Å². The molecule has 0 saturated heterocycles. The molecule has 0 spiro atoms. The predicted molar refractivity (Wildman–Crippen MR) is 107 cm³/mol. The summed E-state index contributed by atoms with van der Waals surface area (Å²) in [5.41, 5.74) is 2.61. The Morgan fingerprint density at radius 3 is 2.70 bits per heavy atom. The normalized spacial score (nSPS) is 16.1. The average Bonchev–Trinajstić information content (AvgIpc) is 2.95. The van der Waals surface area contributed by atoms with E-state index in [0.29, 0.717) is 35.7 Å².